The first-order valence-electron chi connectivity index (χ1n) is 7.45. The number of aromatic hydroxyl groups is 1. The quantitative estimate of drug-likeness (QED) is 0.645. The number of para-hydroxylation sites is 1. The van der Waals surface area contributed by atoms with E-state index in [4.69, 9.17) is 0 Å². The van der Waals surface area contributed by atoms with Crippen molar-refractivity contribution in [3.05, 3.63) is 60.3 Å². The van der Waals surface area contributed by atoms with Crippen LogP contribution in [0.3, 0.4) is 0 Å². The molecule has 0 spiro atoms. The highest BCUT2D eigenvalue weighted by Crippen LogP contribution is 2.19. The number of fused-ring (bicyclic) bond motifs is 1. The summed E-state index contributed by atoms with van der Waals surface area (Å²) in [6.07, 6.45) is 1.65. The summed E-state index contributed by atoms with van der Waals surface area (Å²) < 4.78 is 0. The molecule has 1 heterocycles. The Morgan fingerprint density at radius 3 is 2.58 bits per heavy atom. The molecule has 0 bridgehead atoms. The van der Waals surface area contributed by atoms with Crippen molar-refractivity contribution in [2.45, 2.75) is 0 Å². The predicted molar refractivity (Wildman–Crippen MR) is 92.0 cm³/mol. The van der Waals surface area contributed by atoms with Gasteiger partial charge in [-0.1, -0.05) is 18.2 Å². The number of benzene rings is 2. The molecule has 2 amide bonds. The number of nitrogens with zero attached hydrogens (tertiary/aromatic N) is 1. The molecule has 3 aromatic rings. The molecule has 122 valence electrons. The van der Waals surface area contributed by atoms with Gasteiger partial charge in [0.2, 0.25) is 5.91 Å². The normalized spacial score (nSPS) is 10.5. The number of aromatic amines is 1. The molecule has 6 heteroatoms. The first-order chi connectivity index (χ1) is 11.5. The number of H-pyrrole nitrogens is 1. The number of anilines is 1. The molecule has 0 aliphatic heterocycles. The van der Waals surface area contributed by atoms with Crippen molar-refractivity contribution in [1.82, 2.24) is 9.88 Å². The van der Waals surface area contributed by atoms with Crippen LogP contribution in [-0.4, -0.2) is 40.4 Å². The van der Waals surface area contributed by atoms with Crippen LogP contribution in [0, 0.1) is 0 Å². The van der Waals surface area contributed by atoms with Gasteiger partial charge in [0.25, 0.3) is 5.91 Å². The Morgan fingerprint density at radius 2 is 1.83 bits per heavy atom. The van der Waals surface area contributed by atoms with E-state index in [1.165, 1.54) is 17.0 Å². The van der Waals surface area contributed by atoms with Crippen LogP contribution in [0.15, 0.2) is 54.7 Å². The van der Waals surface area contributed by atoms with Crippen LogP contribution < -0.4 is 5.32 Å². The van der Waals surface area contributed by atoms with Gasteiger partial charge in [-0.25, -0.2) is 0 Å². The standard InChI is InChI=1S/C18H17N3O3/c1-21(11-17(23)20-12-6-8-13(22)9-7-12)18(24)15-10-19-16-5-3-2-4-14(15)16/h2-10,19,22H,11H2,1H3,(H,20,23). The van der Waals surface area contributed by atoms with E-state index in [2.05, 4.69) is 10.3 Å². The van der Waals surface area contributed by atoms with Crippen LogP contribution in [0.2, 0.25) is 0 Å². The van der Waals surface area contributed by atoms with E-state index < -0.39 is 0 Å². The Kier molecular flexibility index (Phi) is 4.20. The van der Waals surface area contributed by atoms with E-state index in [1.54, 1.807) is 25.4 Å². The average molecular weight is 323 g/mol. The van der Waals surface area contributed by atoms with Gasteiger partial charge in [0, 0.05) is 29.8 Å². The van der Waals surface area contributed by atoms with E-state index in [1.807, 2.05) is 24.3 Å². The van der Waals surface area contributed by atoms with Gasteiger partial charge in [-0.2, -0.15) is 0 Å². The van der Waals surface area contributed by atoms with E-state index in [9.17, 15) is 14.7 Å². The van der Waals surface area contributed by atoms with Gasteiger partial charge in [-0.05, 0) is 30.3 Å². The van der Waals surface area contributed by atoms with Crippen LogP contribution in [0.5, 0.6) is 5.75 Å². The fourth-order valence-electron chi connectivity index (χ4n) is 2.49. The number of nitrogens with one attached hydrogen (secondary N) is 2. The molecule has 0 fully saturated rings. The number of carbonyl (C=O) groups excluding carboxylic acids is 2. The Morgan fingerprint density at radius 1 is 1.12 bits per heavy atom. The van der Waals surface area contributed by atoms with E-state index >= 15 is 0 Å². The topological polar surface area (TPSA) is 85.4 Å². The molecule has 1 aromatic heterocycles. The lowest BCUT2D eigenvalue weighted by molar-refractivity contribution is -0.116. The molecule has 0 aliphatic carbocycles. The molecule has 2 aromatic carbocycles. The highest BCUT2D eigenvalue weighted by Gasteiger charge is 2.18. The van der Waals surface area contributed by atoms with Crippen molar-refractivity contribution in [2.24, 2.45) is 0 Å². The number of phenolic OH excluding ortho intramolecular Hbond substituents is 1. The maximum Gasteiger partial charge on any atom is 0.256 e. The third kappa shape index (κ3) is 3.22. The summed E-state index contributed by atoms with van der Waals surface area (Å²) in [7, 11) is 1.58. The van der Waals surface area contributed by atoms with Gasteiger partial charge in [0.05, 0.1) is 12.1 Å². The number of hydrogen-bond donors (Lipinski definition) is 3. The summed E-state index contributed by atoms with van der Waals surface area (Å²) in [6.45, 7) is -0.0702. The summed E-state index contributed by atoms with van der Waals surface area (Å²) in [4.78, 5) is 29.0. The summed E-state index contributed by atoms with van der Waals surface area (Å²) >= 11 is 0. The van der Waals surface area contributed by atoms with Crippen molar-refractivity contribution < 1.29 is 14.7 Å². The van der Waals surface area contributed by atoms with Crippen molar-refractivity contribution in [3.63, 3.8) is 0 Å². The van der Waals surface area contributed by atoms with Gasteiger partial charge in [0.1, 0.15) is 5.75 Å². The predicted octanol–water partition coefficient (Wildman–Crippen LogP) is 2.58. The maximum atomic E-state index is 12.5. The van der Waals surface area contributed by atoms with Crippen LogP contribution in [-0.2, 0) is 4.79 Å². The number of phenols is 1. The summed E-state index contributed by atoms with van der Waals surface area (Å²) in [6, 6.07) is 13.7. The zero-order valence-electron chi connectivity index (χ0n) is 13.1. The lowest BCUT2D eigenvalue weighted by Crippen LogP contribution is -2.34. The highest BCUT2D eigenvalue weighted by atomic mass is 16.3. The smallest absolute Gasteiger partial charge is 0.256 e. The first-order valence-corrected chi connectivity index (χ1v) is 7.45. The van der Waals surface area contributed by atoms with Gasteiger partial charge >= 0.3 is 0 Å². The van der Waals surface area contributed by atoms with Crippen LogP contribution in [0.1, 0.15) is 10.4 Å². The molecule has 0 atom stereocenters. The van der Waals surface area contributed by atoms with Gasteiger partial charge < -0.3 is 20.3 Å². The monoisotopic (exact) mass is 323 g/mol. The molecular formula is C18H17N3O3. The Hall–Kier alpha value is -3.28. The number of hydrogen-bond acceptors (Lipinski definition) is 3. The summed E-state index contributed by atoms with van der Waals surface area (Å²) in [5.41, 5.74) is 1.97. The minimum atomic E-state index is -0.309. The van der Waals surface area contributed by atoms with E-state index in [0.717, 1.165) is 10.9 Å². The molecule has 0 aliphatic rings. The van der Waals surface area contributed by atoms with E-state index in [0.29, 0.717) is 11.3 Å². The zero-order chi connectivity index (χ0) is 17.1. The van der Waals surface area contributed by atoms with Crippen LogP contribution in [0.25, 0.3) is 10.9 Å². The number of amides is 2. The largest absolute Gasteiger partial charge is 0.508 e. The SMILES string of the molecule is CN(CC(=O)Nc1ccc(O)cc1)C(=O)c1c[nH]c2ccccc12. The minimum Gasteiger partial charge on any atom is -0.508 e. The second-order valence-corrected chi connectivity index (χ2v) is 5.50. The lowest BCUT2D eigenvalue weighted by Gasteiger charge is -2.16. The Labute approximate surface area is 138 Å². The molecular weight excluding hydrogens is 306 g/mol. The summed E-state index contributed by atoms with van der Waals surface area (Å²) in [5.74, 6) is -0.413. The van der Waals surface area contributed by atoms with Crippen molar-refractivity contribution in [1.29, 1.82) is 0 Å². The maximum absolute atomic E-state index is 12.5. The molecule has 0 radical (unpaired) electrons. The van der Waals surface area contributed by atoms with Crippen molar-refractivity contribution in [3.8, 4) is 5.75 Å². The molecule has 24 heavy (non-hydrogen) atoms. The number of rotatable bonds is 4. The average Bonchev–Trinajstić information content (AvgIpc) is 3.00. The summed E-state index contributed by atoms with van der Waals surface area (Å²) in [5, 5.41) is 12.7. The number of carbonyl (C=O) groups is 2. The fraction of sp³-hybridized carbons (Fsp3) is 0.111. The minimum absolute atomic E-state index is 0.0702. The lowest BCUT2D eigenvalue weighted by atomic mass is 10.1. The molecule has 0 unspecified atom stereocenters. The second kappa shape index (κ2) is 6.45. The van der Waals surface area contributed by atoms with Gasteiger partial charge in [-0.15, -0.1) is 0 Å². The molecule has 3 rings (SSSR count). The molecule has 0 saturated heterocycles. The fourth-order valence-corrected chi connectivity index (χ4v) is 2.49. The Bertz CT molecular complexity index is 884. The zero-order valence-corrected chi connectivity index (χ0v) is 13.1. The molecule has 6 nitrogen and oxygen atoms in total. The van der Waals surface area contributed by atoms with Gasteiger partial charge in [0.15, 0.2) is 0 Å². The Balaban J connectivity index is 1.67. The van der Waals surface area contributed by atoms with Crippen molar-refractivity contribution in [2.75, 3.05) is 18.9 Å². The van der Waals surface area contributed by atoms with Crippen molar-refractivity contribution >= 4 is 28.4 Å². The second-order valence-electron chi connectivity index (χ2n) is 5.50. The number of likely N-dealkylation sites (N-methyl/N-ethyl adjacent to an activating group) is 1. The van der Waals surface area contributed by atoms with Crippen LogP contribution >= 0.6 is 0 Å². The number of aromatic nitrogens is 1. The van der Waals surface area contributed by atoms with Crippen LogP contribution in [0.4, 0.5) is 5.69 Å². The first kappa shape index (κ1) is 15.6. The third-order valence-electron chi connectivity index (χ3n) is 3.70. The molecule has 3 N–H and O–H groups in total. The molecule has 0 saturated carbocycles. The third-order valence-corrected chi connectivity index (χ3v) is 3.70. The highest BCUT2D eigenvalue weighted by molar-refractivity contribution is 6.08. The van der Waals surface area contributed by atoms with E-state index in [-0.39, 0.29) is 24.1 Å². The van der Waals surface area contributed by atoms with Gasteiger partial charge in [-0.3, -0.25) is 9.59 Å².